The van der Waals surface area contributed by atoms with Crippen molar-refractivity contribution in [3.05, 3.63) is 29.8 Å². The molecule has 1 aromatic rings. The molecule has 1 saturated heterocycles. The summed E-state index contributed by atoms with van der Waals surface area (Å²) in [6.45, 7) is 0.346. The van der Waals surface area contributed by atoms with Crippen molar-refractivity contribution in [2.45, 2.75) is 29.5 Å². The maximum absolute atomic E-state index is 12.6. The third-order valence-corrected chi connectivity index (χ3v) is 4.89. The second-order valence-electron chi connectivity index (χ2n) is 5.19. The average molecular weight is 339 g/mol. The van der Waals surface area contributed by atoms with Gasteiger partial charge in [-0.25, -0.2) is 13.1 Å². The number of aliphatic hydroxyl groups is 1. The zero-order valence-corrected chi connectivity index (χ0v) is 12.4. The van der Waals surface area contributed by atoms with Crippen LogP contribution < -0.4 is 4.72 Å². The zero-order valence-electron chi connectivity index (χ0n) is 11.6. The van der Waals surface area contributed by atoms with Gasteiger partial charge in [0.2, 0.25) is 10.0 Å². The van der Waals surface area contributed by atoms with E-state index in [0.29, 0.717) is 19.3 Å². The molecular weight excluding hydrogens is 323 g/mol. The Kier molecular flexibility index (Phi) is 4.81. The number of rotatable bonds is 4. The fourth-order valence-corrected chi connectivity index (χ4v) is 3.25. The minimum absolute atomic E-state index is 0.262. The molecule has 1 aromatic carbocycles. The third-order valence-electron chi connectivity index (χ3n) is 3.49. The van der Waals surface area contributed by atoms with Crippen LogP contribution in [0.4, 0.5) is 13.2 Å². The van der Waals surface area contributed by atoms with E-state index in [-0.39, 0.29) is 19.4 Å². The van der Waals surface area contributed by atoms with Crippen LogP contribution in [0.5, 0.6) is 0 Å². The van der Waals surface area contributed by atoms with Crippen molar-refractivity contribution in [1.82, 2.24) is 4.72 Å². The summed E-state index contributed by atoms with van der Waals surface area (Å²) in [4.78, 5) is -0.488. The van der Waals surface area contributed by atoms with Crippen LogP contribution in [-0.2, 0) is 20.9 Å². The van der Waals surface area contributed by atoms with E-state index in [2.05, 4.69) is 4.72 Å². The van der Waals surface area contributed by atoms with E-state index in [1.165, 1.54) is 0 Å². The molecule has 1 aliphatic rings. The van der Waals surface area contributed by atoms with Gasteiger partial charge in [-0.05, 0) is 18.2 Å². The molecule has 22 heavy (non-hydrogen) atoms. The minimum atomic E-state index is -4.62. The molecule has 9 heteroatoms. The lowest BCUT2D eigenvalue weighted by Crippen LogP contribution is -2.46. The van der Waals surface area contributed by atoms with Crippen LogP contribution in [0.2, 0.25) is 0 Å². The third kappa shape index (κ3) is 4.19. The molecule has 0 aliphatic carbocycles. The predicted molar refractivity (Wildman–Crippen MR) is 71.6 cm³/mol. The van der Waals surface area contributed by atoms with Crippen LogP contribution in [0.1, 0.15) is 18.4 Å². The standard InChI is InChI=1S/C13H16F3NO4S/c14-13(15,16)10-2-1-3-11(8-10)22(19,20)17-9-12(18)4-6-21-7-5-12/h1-3,8,17-18H,4-7,9H2. The first-order chi connectivity index (χ1) is 10.1. The first-order valence-corrected chi connectivity index (χ1v) is 8.08. The van der Waals surface area contributed by atoms with Crippen LogP contribution in [0.25, 0.3) is 0 Å². The van der Waals surface area contributed by atoms with Gasteiger partial charge >= 0.3 is 6.18 Å². The Balaban J connectivity index is 2.13. The summed E-state index contributed by atoms with van der Waals surface area (Å²) in [5, 5.41) is 10.2. The Morgan fingerprint density at radius 2 is 1.91 bits per heavy atom. The number of sulfonamides is 1. The molecule has 2 rings (SSSR count). The monoisotopic (exact) mass is 339 g/mol. The SMILES string of the molecule is O=S(=O)(NCC1(O)CCOCC1)c1cccc(C(F)(F)F)c1. The van der Waals surface area contributed by atoms with Gasteiger partial charge in [-0.1, -0.05) is 6.07 Å². The summed E-state index contributed by atoms with van der Waals surface area (Å²) >= 11 is 0. The van der Waals surface area contributed by atoms with Crippen molar-refractivity contribution in [2.75, 3.05) is 19.8 Å². The topological polar surface area (TPSA) is 75.6 Å². The van der Waals surface area contributed by atoms with Crippen LogP contribution >= 0.6 is 0 Å². The minimum Gasteiger partial charge on any atom is -0.388 e. The smallest absolute Gasteiger partial charge is 0.388 e. The molecule has 0 amide bonds. The highest BCUT2D eigenvalue weighted by Crippen LogP contribution is 2.30. The zero-order chi connectivity index (χ0) is 16.4. The number of alkyl halides is 3. The van der Waals surface area contributed by atoms with Crippen LogP contribution in [0.15, 0.2) is 29.2 Å². The van der Waals surface area contributed by atoms with Crippen LogP contribution in [0, 0.1) is 0 Å². The van der Waals surface area contributed by atoms with Gasteiger partial charge in [0.05, 0.1) is 16.1 Å². The Hall–Kier alpha value is -1.16. The summed E-state index contributed by atoms with van der Waals surface area (Å²) in [7, 11) is -4.13. The number of hydrogen-bond donors (Lipinski definition) is 2. The molecule has 0 radical (unpaired) electrons. The molecular formula is C13H16F3NO4S. The Morgan fingerprint density at radius 3 is 2.50 bits per heavy atom. The summed E-state index contributed by atoms with van der Waals surface area (Å²) in [5.74, 6) is 0. The van der Waals surface area contributed by atoms with Gasteiger partial charge in [0.15, 0.2) is 0 Å². The van der Waals surface area contributed by atoms with E-state index >= 15 is 0 Å². The number of benzene rings is 1. The van der Waals surface area contributed by atoms with Gasteiger partial charge in [0, 0.05) is 32.6 Å². The van der Waals surface area contributed by atoms with Gasteiger partial charge in [-0.3, -0.25) is 0 Å². The van der Waals surface area contributed by atoms with Crippen molar-refractivity contribution >= 4 is 10.0 Å². The number of halogens is 3. The first kappa shape index (κ1) is 17.2. The van der Waals surface area contributed by atoms with Gasteiger partial charge < -0.3 is 9.84 Å². The molecule has 124 valence electrons. The summed E-state index contributed by atoms with van der Waals surface area (Å²) in [6, 6.07) is 3.47. The molecule has 2 N–H and O–H groups in total. The fraction of sp³-hybridized carbons (Fsp3) is 0.538. The molecule has 5 nitrogen and oxygen atoms in total. The lowest BCUT2D eigenvalue weighted by Gasteiger charge is -2.31. The number of ether oxygens (including phenoxy) is 1. The van der Waals surface area contributed by atoms with Crippen LogP contribution in [0.3, 0.4) is 0 Å². The van der Waals surface area contributed by atoms with E-state index < -0.39 is 32.3 Å². The van der Waals surface area contributed by atoms with Crippen LogP contribution in [-0.4, -0.2) is 38.9 Å². The molecule has 0 bridgehead atoms. The van der Waals surface area contributed by atoms with E-state index in [1.54, 1.807) is 0 Å². The average Bonchev–Trinajstić information content (AvgIpc) is 2.46. The van der Waals surface area contributed by atoms with E-state index in [9.17, 15) is 26.7 Å². The summed E-state index contributed by atoms with van der Waals surface area (Å²) in [6.07, 6.45) is -4.10. The van der Waals surface area contributed by atoms with Gasteiger partial charge in [-0.2, -0.15) is 13.2 Å². The first-order valence-electron chi connectivity index (χ1n) is 6.60. The summed E-state index contributed by atoms with van der Waals surface area (Å²) < 4.78 is 69.3. The fourth-order valence-electron chi connectivity index (χ4n) is 2.08. The quantitative estimate of drug-likeness (QED) is 0.872. The van der Waals surface area contributed by atoms with E-state index in [4.69, 9.17) is 4.74 Å². The largest absolute Gasteiger partial charge is 0.416 e. The molecule has 1 aliphatic heterocycles. The Bertz CT molecular complexity index is 624. The van der Waals surface area contributed by atoms with E-state index in [1.807, 2.05) is 0 Å². The van der Waals surface area contributed by atoms with Gasteiger partial charge in [0.1, 0.15) is 0 Å². The predicted octanol–water partition coefficient (Wildman–Crippen LogP) is 1.53. The molecule has 1 fully saturated rings. The van der Waals surface area contributed by atoms with Crippen molar-refractivity contribution < 1.29 is 31.4 Å². The second-order valence-corrected chi connectivity index (χ2v) is 6.95. The molecule has 0 unspecified atom stereocenters. The van der Waals surface area contributed by atoms with Crippen molar-refractivity contribution in [1.29, 1.82) is 0 Å². The van der Waals surface area contributed by atoms with Gasteiger partial charge in [0.25, 0.3) is 0 Å². The van der Waals surface area contributed by atoms with E-state index in [0.717, 1.165) is 18.2 Å². The molecule has 0 aromatic heterocycles. The second kappa shape index (κ2) is 6.15. The number of nitrogens with one attached hydrogen (secondary N) is 1. The molecule has 0 saturated carbocycles. The van der Waals surface area contributed by atoms with Gasteiger partial charge in [-0.15, -0.1) is 0 Å². The normalized spacial score (nSPS) is 19.1. The lowest BCUT2D eigenvalue weighted by molar-refractivity contribution is -0.137. The Morgan fingerprint density at radius 1 is 1.27 bits per heavy atom. The molecule has 1 heterocycles. The highest BCUT2D eigenvalue weighted by Gasteiger charge is 2.33. The Labute approximate surface area is 126 Å². The van der Waals surface area contributed by atoms with Crippen molar-refractivity contribution in [3.63, 3.8) is 0 Å². The maximum atomic E-state index is 12.6. The highest BCUT2D eigenvalue weighted by atomic mass is 32.2. The molecule has 0 atom stereocenters. The summed E-state index contributed by atoms with van der Waals surface area (Å²) in [5.41, 5.74) is -2.28. The molecule has 0 spiro atoms. The lowest BCUT2D eigenvalue weighted by atomic mass is 9.95. The number of hydrogen-bond acceptors (Lipinski definition) is 4. The van der Waals surface area contributed by atoms with Crippen molar-refractivity contribution in [3.8, 4) is 0 Å². The van der Waals surface area contributed by atoms with Crippen molar-refractivity contribution in [2.24, 2.45) is 0 Å². The highest BCUT2D eigenvalue weighted by molar-refractivity contribution is 7.89. The maximum Gasteiger partial charge on any atom is 0.416 e.